The molecule has 0 saturated carbocycles. The van der Waals surface area contributed by atoms with Gasteiger partial charge in [0.05, 0.1) is 19.8 Å². The van der Waals surface area contributed by atoms with Gasteiger partial charge in [-0.05, 0) is 42.2 Å². The lowest BCUT2D eigenvalue weighted by atomic mass is 9.69. The summed E-state index contributed by atoms with van der Waals surface area (Å²) in [7, 11) is 3.24. The summed E-state index contributed by atoms with van der Waals surface area (Å²) in [4.78, 5) is 14.4. The van der Waals surface area contributed by atoms with Crippen molar-refractivity contribution < 1.29 is 14.3 Å². The molecule has 2 atom stereocenters. The Morgan fingerprint density at radius 1 is 1.21 bits per heavy atom. The largest absolute Gasteiger partial charge is 0.493 e. The Balaban J connectivity index is 1.66. The smallest absolute Gasteiger partial charge is 0.256 e. The van der Waals surface area contributed by atoms with Crippen molar-refractivity contribution in [2.75, 3.05) is 19.5 Å². The summed E-state index contributed by atoms with van der Waals surface area (Å²) in [6.07, 6.45) is 4.03. The highest BCUT2D eigenvalue weighted by atomic mass is 32.1. The number of anilines is 1. The van der Waals surface area contributed by atoms with Crippen LogP contribution in [0.25, 0.3) is 0 Å². The predicted octanol–water partition coefficient (Wildman–Crippen LogP) is 5.16. The Morgan fingerprint density at radius 3 is 2.69 bits per heavy atom. The minimum atomic E-state index is -0.344. The predicted molar refractivity (Wildman–Crippen MR) is 117 cm³/mol. The number of carbonyl (C=O) groups excluding carboxylic acids is 1. The molecular formula is C23H30N2O3S. The first-order valence-electron chi connectivity index (χ1n) is 10.3. The third-order valence-corrected chi connectivity index (χ3v) is 7.99. The Bertz CT molecular complexity index is 934. The van der Waals surface area contributed by atoms with Gasteiger partial charge in [0.25, 0.3) is 5.91 Å². The van der Waals surface area contributed by atoms with Crippen LogP contribution in [-0.2, 0) is 12.8 Å². The number of hydrogen-bond donors (Lipinski definition) is 2. The molecule has 0 bridgehead atoms. The van der Waals surface area contributed by atoms with E-state index in [9.17, 15) is 4.79 Å². The van der Waals surface area contributed by atoms with Crippen LogP contribution >= 0.6 is 11.3 Å². The van der Waals surface area contributed by atoms with E-state index in [1.54, 1.807) is 25.6 Å². The number of thiophene rings is 1. The van der Waals surface area contributed by atoms with E-state index in [2.05, 4.69) is 31.4 Å². The molecule has 1 aliphatic carbocycles. The molecule has 4 rings (SSSR count). The summed E-state index contributed by atoms with van der Waals surface area (Å²) in [5.74, 6) is 1.96. The summed E-state index contributed by atoms with van der Waals surface area (Å²) in [5, 5.41) is 7.65. The molecule has 156 valence electrons. The van der Waals surface area contributed by atoms with E-state index in [4.69, 9.17) is 9.47 Å². The van der Waals surface area contributed by atoms with Crippen molar-refractivity contribution in [2.24, 2.45) is 11.3 Å². The number of carbonyl (C=O) groups is 1. The van der Waals surface area contributed by atoms with Crippen molar-refractivity contribution in [2.45, 2.75) is 52.6 Å². The standard InChI is InChI=1S/C23H30N2O3S/c1-6-23(2,3)13-10-11-14-17(12-13)29-22-18(14)21(26)24-20(25-22)15-8-7-9-16(27-4)19(15)28-5/h7-9,13,20,25H,6,10-12H2,1-5H3,(H,24,26)/t13-,20+/m0/s1. The maximum absolute atomic E-state index is 13.1. The number of methoxy groups -OCH3 is 2. The summed E-state index contributed by atoms with van der Waals surface area (Å²) in [6.45, 7) is 7.01. The van der Waals surface area contributed by atoms with E-state index in [1.165, 1.54) is 16.9 Å². The van der Waals surface area contributed by atoms with Gasteiger partial charge in [0.2, 0.25) is 0 Å². The number of amides is 1. The van der Waals surface area contributed by atoms with Gasteiger partial charge >= 0.3 is 0 Å². The molecule has 2 aromatic rings. The minimum absolute atomic E-state index is 0.000625. The molecule has 2 N–H and O–H groups in total. The van der Waals surface area contributed by atoms with Crippen molar-refractivity contribution in [3.8, 4) is 11.5 Å². The highest BCUT2D eigenvalue weighted by Crippen LogP contribution is 2.47. The van der Waals surface area contributed by atoms with Gasteiger partial charge in [0.1, 0.15) is 11.2 Å². The molecule has 1 aliphatic heterocycles. The van der Waals surface area contributed by atoms with E-state index in [0.717, 1.165) is 35.4 Å². The third-order valence-electron chi connectivity index (χ3n) is 6.80. The lowest BCUT2D eigenvalue weighted by molar-refractivity contribution is 0.0934. The molecule has 2 heterocycles. The van der Waals surface area contributed by atoms with Crippen molar-refractivity contribution in [3.63, 3.8) is 0 Å². The van der Waals surface area contributed by atoms with Gasteiger partial charge in [0, 0.05) is 10.4 Å². The monoisotopic (exact) mass is 414 g/mol. The Labute approximate surface area is 176 Å². The van der Waals surface area contributed by atoms with Crippen molar-refractivity contribution >= 4 is 22.2 Å². The van der Waals surface area contributed by atoms with Crippen LogP contribution in [0.4, 0.5) is 5.00 Å². The van der Waals surface area contributed by atoms with Crippen LogP contribution < -0.4 is 20.1 Å². The van der Waals surface area contributed by atoms with Crippen molar-refractivity contribution in [3.05, 3.63) is 39.8 Å². The molecule has 29 heavy (non-hydrogen) atoms. The summed E-state index contributed by atoms with van der Waals surface area (Å²) in [5.41, 5.74) is 3.28. The number of para-hydroxylation sites is 1. The fourth-order valence-corrected chi connectivity index (χ4v) is 5.90. The molecule has 1 amide bonds. The molecule has 0 fully saturated rings. The Hall–Kier alpha value is -2.21. The average Bonchev–Trinajstić information content (AvgIpc) is 3.11. The Morgan fingerprint density at radius 2 is 2.00 bits per heavy atom. The maximum Gasteiger partial charge on any atom is 0.256 e. The molecule has 6 heteroatoms. The number of nitrogens with one attached hydrogen (secondary N) is 2. The molecule has 1 aromatic carbocycles. The van der Waals surface area contributed by atoms with E-state index in [1.807, 2.05) is 18.2 Å². The van der Waals surface area contributed by atoms with Crippen LogP contribution in [0.5, 0.6) is 11.5 Å². The summed E-state index contributed by atoms with van der Waals surface area (Å²) in [6, 6.07) is 5.73. The van der Waals surface area contributed by atoms with E-state index in [0.29, 0.717) is 22.8 Å². The zero-order valence-corrected chi connectivity index (χ0v) is 18.7. The number of hydrogen-bond acceptors (Lipinski definition) is 5. The highest BCUT2D eigenvalue weighted by molar-refractivity contribution is 7.16. The Kier molecular flexibility index (Phi) is 5.23. The summed E-state index contributed by atoms with van der Waals surface area (Å²) < 4.78 is 11.0. The minimum Gasteiger partial charge on any atom is -0.493 e. The van der Waals surface area contributed by atoms with E-state index < -0.39 is 0 Å². The zero-order chi connectivity index (χ0) is 20.8. The summed E-state index contributed by atoms with van der Waals surface area (Å²) >= 11 is 1.75. The third kappa shape index (κ3) is 3.37. The van der Waals surface area contributed by atoms with Crippen molar-refractivity contribution in [1.82, 2.24) is 5.32 Å². The molecule has 0 saturated heterocycles. The van der Waals surface area contributed by atoms with Gasteiger partial charge in [-0.3, -0.25) is 4.79 Å². The van der Waals surface area contributed by atoms with Gasteiger partial charge in [-0.2, -0.15) is 0 Å². The second-order valence-electron chi connectivity index (χ2n) is 8.62. The van der Waals surface area contributed by atoms with Crippen LogP contribution in [0.1, 0.15) is 66.1 Å². The first kappa shape index (κ1) is 20.1. The fourth-order valence-electron chi connectivity index (χ4n) is 4.55. The van der Waals surface area contributed by atoms with Crippen molar-refractivity contribution in [1.29, 1.82) is 0 Å². The number of benzene rings is 1. The van der Waals surface area contributed by atoms with Gasteiger partial charge in [-0.1, -0.05) is 39.3 Å². The van der Waals surface area contributed by atoms with Crippen LogP contribution in [0, 0.1) is 11.3 Å². The van der Waals surface area contributed by atoms with E-state index in [-0.39, 0.29) is 12.1 Å². The van der Waals surface area contributed by atoms with Gasteiger partial charge in [0.15, 0.2) is 11.5 Å². The molecule has 5 nitrogen and oxygen atoms in total. The van der Waals surface area contributed by atoms with E-state index >= 15 is 0 Å². The van der Waals surface area contributed by atoms with Gasteiger partial charge < -0.3 is 20.1 Å². The lowest BCUT2D eigenvalue weighted by Gasteiger charge is -2.36. The molecule has 0 spiro atoms. The first-order valence-corrected chi connectivity index (χ1v) is 11.1. The highest BCUT2D eigenvalue weighted by Gasteiger charge is 2.38. The fraction of sp³-hybridized carbons (Fsp3) is 0.522. The van der Waals surface area contributed by atoms with Crippen LogP contribution in [0.15, 0.2) is 18.2 Å². The van der Waals surface area contributed by atoms with Crippen LogP contribution in [0.3, 0.4) is 0 Å². The quantitative estimate of drug-likeness (QED) is 0.709. The lowest BCUT2D eigenvalue weighted by Crippen LogP contribution is -2.38. The SMILES string of the molecule is CCC(C)(C)[C@H]1CCc2c(sc3c2C(=O)N[C@@H](c2cccc(OC)c2OC)N3)C1. The number of rotatable bonds is 5. The van der Waals surface area contributed by atoms with Gasteiger partial charge in [-0.15, -0.1) is 11.3 Å². The normalized spacial score (nSPS) is 20.9. The van der Waals surface area contributed by atoms with Crippen LogP contribution in [-0.4, -0.2) is 20.1 Å². The first-order chi connectivity index (χ1) is 13.9. The molecule has 0 unspecified atom stereocenters. The zero-order valence-electron chi connectivity index (χ0n) is 17.8. The van der Waals surface area contributed by atoms with Crippen LogP contribution in [0.2, 0.25) is 0 Å². The average molecular weight is 415 g/mol. The second kappa shape index (κ2) is 7.56. The second-order valence-corrected chi connectivity index (χ2v) is 9.73. The number of ether oxygens (including phenoxy) is 2. The molecular weight excluding hydrogens is 384 g/mol. The molecule has 2 aliphatic rings. The maximum atomic E-state index is 13.1. The molecule has 0 radical (unpaired) electrons. The number of fused-ring (bicyclic) bond motifs is 3. The molecule has 1 aromatic heterocycles. The van der Waals surface area contributed by atoms with Gasteiger partial charge in [-0.25, -0.2) is 0 Å². The topological polar surface area (TPSA) is 59.6 Å².